The average Bonchev–Trinajstić information content (AvgIpc) is 3.07. The molecule has 0 amide bonds. The van der Waals surface area contributed by atoms with Crippen LogP contribution in [0.4, 0.5) is 0 Å². The van der Waals surface area contributed by atoms with Crippen LogP contribution in [0.5, 0.6) is 0 Å². The van der Waals surface area contributed by atoms with E-state index in [9.17, 15) is 9.59 Å². The van der Waals surface area contributed by atoms with Crippen LogP contribution < -0.4 is 0 Å². The van der Waals surface area contributed by atoms with E-state index in [-0.39, 0.29) is 0 Å². The fourth-order valence-electron chi connectivity index (χ4n) is 3.51. The van der Waals surface area contributed by atoms with Gasteiger partial charge in [-0.1, -0.05) is 36.4 Å². The Morgan fingerprint density at radius 1 is 0.724 bits per heavy atom. The molecule has 6 nitrogen and oxygen atoms in total. The zero-order valence-electron chi connectivity index (χ0n) is 16.2. The molecule has 4 rings (SSSR count). The normalized spacial score (nSPS) is 27.1. The standard InChI is InChI=1S/C23H22O6/c1-23(2)28-19-17(26-21(24)15-9-5-3-6-10-15)13-14-18(20(19)29-23)27-22(25)16-11-7-4-8-12-16/h3-14,17-20H,1-2H3/t17-,18+,19-,20-/m0/s1. The molecule has 0 radical (unpaired) electrons. The summed E-state index contributed by atoms with van der Waals surface area (Å²) in [5.74, 6) is -1.80. The number of esters is 2. The van der Waals surface area contributed by atoms with Gasteiger partial charge in [0.2, 0.25) is 0 Å². The van der Waals surface area contributed by atoms with Crippen molar-refractivity contribution >= 4 is 11.9 Å². The maximum atomic E-state index is 12.5. The van der Waals surface area contributed by atoms with E-state index in [1.165, 1.54) is 0 Å². The molecule has 0 bridgehead atoms. The van der Waals surface area contributed by atoms with Crippen molar-refractivity contribution in [2.75, 3.05) is 0 Å². The number of rotatable bonds is 4. The second-order valence-electron chi connectivity index (χ2n) is 7.42. The predicted molar refractivity (Wildman–Crippen MR) is 104 cm³/mol. The van der Waals surface area contributed by atoms with E-state index in [0.29, 0.717) is 11.1 Å². The molecule has 1 aliphatic heterocycles. The molecule has 1 saturated heterocycles. The number of fused-ring (bicyclic) bond motifs is 1. The molecule has 1 fully saturated rings. The Labute approximate surface area is 169 Å². The molecule has 2 aliphatic rings. The molecule has 0 aromatic heterocycles. The minimum atomic E-state index is -0.893. The van der Waals surface area contributed by atoms with E-state index in [1.54, 1.807) is 74.5 Å². The first-order chi connectivity index (χ1) is 13.9. The summed E-state index contributed by atoms with van der Waals surface area (Å²) in [5, 5.41) is 0. The Hall–Kier alpha value is -2.96. The maximum Gasteiger partial charge on any atom is 0.338 e. The SMILES string of the molecule is CC1(C)O[C@@H]2[C@@H](O1)[C@H](OC(=O)c1ccccc1)C=C[C@@H]2OC(=O)c1ccccc1. The van der Waals surface area contributed by atoms with Gasteiger partial charge in [-0.25, -0.2) is 9.59 Å². The lowest BCUT2D eigenvalue weighted by Crippen LogP contribution is -2.47. The van der Waals surface area contributed by atoms with Crippen molar-refractivity contribution < 1.29 is 28.5 Å². The molecular formula is C23H22O6. The van der Waals surface area contributed by atoms with Crippen molar-refractivity contribution in [2.45, 2.75) is 44.1 Å². The highest BCUT2D eigenvalue weighted by Crippen LogP contribution is 2.37. The Balaban J connectivity index is 1.52. The average molecular weight is 394 g/mol. The van der Waals surface area contributed by atoms with Gasteiger partial charge in [0, 0.05) is 0 Å². The van der Waals surface area contributed by atoms with Crippen LogP contribution in [0.15, 0.2) is 72.8 Å². The summed E-state index contributed by atoms with van der Waals surface area (Å²) in [4.78, 5) is 24.9. The summed E-state index contributed by atoms with van der Waals surface area (Å²) < 4.78 is 23.3. The fraction of sp³-hybridized carbons (Fsp3) is 0.304. The highest BCUT2D eigenvalue weighted by Gasteiger charge is 2.52. The molecule has 0 saturated carbocycles. The van der Waals surface area contributed by atoms with Crippen molar-refractivity contribution in [3.63, 3.8) is 0 Å². The van der Waals surface area contributed by atoms with Gasteiger partial charge in [-0.3, -0.25) is 0 Å². The molecule has 0 N–H and O–H groups in total. The summed E-state index contributed by atoms with van der Waals surface area (Å²) in [7, 11) is 0. The minimum absolute atomic E-state index is 0.452. The first kappa shape index (κ1) is 19.4. The molecule has 0 unspecified atom stereocenters. The predicted octanol–water partition coefficient (Wildman–Crippen LogP) is 3.53. The molecule has 4 atom stereocenters. The molecule has 2 aromatic carbocycles. The summed E-state index contributed by atoms with van der Waals surface area (Å²) in [6.45, 7) is 3.55. The molecule has 1 aliphatic carbocycles. The Morgan fingerprint density at radius 3 is 1.48 bits per heavy atom. The van der Waals surface area contributed by atoms with Gasteiger partial charge in [0.15, 0.2) is 5.79 Å². The highest BCUT2D eigenvalue weighted by atomic mass is 16.8. The molecule has 0 spiro atoms. The van der Waals surface area contributed by atoms with Crippen molar-refractivity contribution in [2.24, 2.45) is 0 Å². The quantitative estimate of drug-likeness (QED) is 0.584. The molecule has 6 heteroatoms. The minimum Gasteiger partial charge on any atom is -0.452 e. The topological polar surface area (TPSA) is 71.1 Å². The number of benzene rings is 2. The maximum absolute atomic E-state index is 12.5. The van der Waals surface area contributed by atoms with E-state index < -0.39 is 42.1 Å². The molecule has 150 valence electrons. The lowest BCUT2D eigenvalue weighted by Gasteiger charge is -2.31. The third kappa shape index (κ3) is 4.23. The van der Waals surface area contributed by atoms with Crippen LogP contribution in [0.3, 0.4) is 0 Å². The van der Waals surface area contributed by atoms with Gasteiger partial charge in [0.25, 0.3) is 0 Å². The van der Waals surface area contributed by atoms with Crippen LogP contribution in [0.2, 0.25) is 0 Å². The Kier molecular flexibility index (Phi) is 5.22. The van der Waals surface area contributed by atoms with Crippen molar-refractivity contribution in [3.05, 3.63) is 83.9 Å². The van der Waals surface area contributed by atoms with E-state index in [0.717, 1.165) is 0 Å². The van der Waals surface area contributed by atoms with Gasteiger partial charge in [-0.05, 0) is 50.3 Å². The second kappa shape index (κ2) is 7.81. The third-order valence-electron chi connectivity index (χ3n) is 4.81. The Morgan fingerprint density at radius 2 is 1.10 bits per heavy atom. The molecule has 2 aromatic rings. The van der Waals surface area contributed by atoms with Crippen LogP contribution in [-0.2, 0) is 18.9 Å². The van der Waals surface area contributed by atoms with Crippen LogP contribution in [0, 0.1) is 0 Å². The van der Waals surface area contributed by atoms with Gasteiger partial charge >= 0.3 is 11.9 Å². The fourth-order valence-corrected chi connectivity index (χ4v) is 3.51. The van der Waals surface area contributed by atoms with Crippen LogP contribution in [-0.4, -0.2) is 42.1 Å². The number of hydrogen-bond acceptors (Lipinski definition) is 6. The zero-order valence-corrected chi connectivity index (χ0v) is 16.2. The van der Waals surface area contributed by atoms with Crippen molar-refractivity contribution in [1.82, 2.24) is 0 Å². The first-order valence-corrected chi connectivity index (χ1v) is 9.49. The molecule has 1 heterocycles. The van der Waals surface area contributed by atoms with E-state index in [4.69, 9.17) is 18.9 Å². The number of carbonyl (C=O) groups is 2. The van der Waals surface area contributed by atoms with Crippen LogP contribution >= 0.6 is 0 Å². The van der Waals surface area contributed by atoms with Crippen molar-refractivity contribution in [1.29, 1.82) is 0 Å². The number of hydrogen-bond donors (Lipinski definition) is 0. The summed E-state index contributed by atoms with van der Waals surface area (Å²) in [6, 6.07) is 17.5. The summed E-state index contributed by atoms with van der Waals surface area (Å²) in [5.41, 5.74) is 0.904. The van der Waals surface area contributed by atoms with E-state index in [1.807, 2.05) is 12.1 Å². The van der Waals surface area contributed by atoms with Gasteiger partial charge in [-0.15, -0.1) is 0 Å². The lowest BCUT2D eigenvalue weighted by atomic mass is 9.96. The summed E-state index contributed by atoms with van der Waals surface area (Å²) in [6.07, 6.45) is 0.903. The zero-order chi connectivity index (χ0) is 20.4. The highest BCUT2D eigenvalue weighted by molar-refractivity contribution is 5.90. The van der Waals surface area contributed by atoms with Crippen molar-refractivity contribution in [3.8, 4) is 0 Å². The number of carbonyl (C=O) groups excluding carboxylic acids is 2. The monoisotopic (exact) mass is 394 g/mol. The smallest absolute Gasteiger partial charge is 0.338 e. The van der Waals surface area contributed by atoms with Gasteiger partial charge in [0.05, 0.1) is 11.1 Å². The molecular weight excluding hydrogens is 372 g/mol. The first-order valence-electron chi connectivity index (χ1n) is 9.49. The second-order valence-corrected chi connectivity index (χ2v) is 7.42. The van der Waals surface area contributed by atoms with Crippen LogP contribution in [0.1, 0.15) is 34.6 Å². The molecule has 29 heavy (non-hydrogen) atoms. The van der Waals surface area contributed by atoms with E-state index in [2.05, 4.69) is 0 Å². The largest absolute Gasteiger partial charge is 0.452 e. The van der Waals surface area contributed by atoms with E-state index >= 15 is 0 Å². The van der Waals surface area contributed by atoms with Gasteiger partial charge in [-0.2, -0.15) is 0 Å². The number of ether oxygens (including phenoxy) is 4. The van der Waals surface area contributed by atoms with Gasteiger partial charge in [0.1, 0.15) is 24.4 Å². The Bertz CT molecular complexity index is 832. The summed E-state index contributed by atoms with van der Waals surface area (Å²) >= 11 is 0. The third-order valence-corrected chi connectivity index (χ3v) is 4.81. The van der Waals surface area contributed by atoms with Crippen LogP contribution in [0.25, 0.3) is 0 Å². The van der Waals surface area contributed by atoms with Gasteiger partial charge < -0.3 is 18.9 Å². The lowest BCUT2D eigenvalue weighted by molar-refractivity contribution is -0.156.